The fraction of sp³-hybridized carbons (Fsp3) is 0.0435. The Morgan fingerprint density at radius 2 is 1.74 bits per heavy atom. The fourth-order valence-electron chi connectivity index (χ4n) is 2.80. The molecule has 0 aliphatic carbocycles. The van der Waals surface area contributed by atoms with Crippen molar-refractivity contribution in [2.24, 2.45) is 5.10 Å². The number of hydrogen-bond acceptors (Lipinski definition) is 10. The summed E-state index contributed by atoms with van der Waals surface area (Å²) < 4.78 is 23.9. The van der Waals surface area contributed by atoms with Crippen LogP contribution in [0.2, 0.25) is 0 Å². The summed E-state index contributed by atoms with van der Waals surface area (Å²) in [7, 11) is 1.52. The number of benzene rings is 3. The van der Waals surface area contributed by atoms with Gasteiger partial charge in [-0.25, -0.2) is 4.39 Å². The van der Waals surface area contributed by atoms with Crippen LogP contribution >= 0.6 is 11.8 Å². The van der Waals surface area contributed by atoms with Gasteiger partial charge in [0.05, 0.1) is 17.7 Å². The zero-order chi connectivity index (χ0) is 24.8. The molecule has 0 spiro atoms. The van der Waals surface area contributed by atoms with Crippen molar-refractivity contribution in [2.45, 2.75) is 5.22 Å². The van der Waals surface area contributed by atoms with E-state index in [0.29, 0.717) is 22.6 Å². The number of nitro groups is 1. The molecule has 4 rings (SSSR count). The molecule has 176 valence electrons. The molecule has 1 N–H and O–H groups in total. The molecule has 10 nitrogen and oxygen atoms in total. The Bertz CT molecular complexity index is 1370. The molecule has 0 radical (unpaired) electrons. The van der Waals surface area contributed by atoms with E-state index < -0.39 is 16.5 Å². The predicted molar refractivity (Wildman–Crippen MR) is 127 cm³/mol. The van der Waals surface area contributed by atoms with Gasteiger partial charge in [0.1, 0.15) is 11.6 Å². The molecule has 0 fully saturated rings. The first-order valence-electron chi connectivity index (χ1n) is 9.97. The van der Waals surface area contributed by atoms with Crippen LogP contribution in [0, 0.1) is 15.9 Å². The van der Waals surface area contributed by atoms with Crippen LogP contribution in [0.3, 0.4) is 0 Å². The minimum Gasteiger partial charge on any atom is -0.497 e. The standard InChI is InChI=1S/C23H16FN5O5S/c1-33-19-12-4-14(5-13-19)20(30)22(27-25-17-8-10-18(11-9-17)29(31)32)35-23-28-26-21(34-23)15-2-6-16(24)7-3-15/h2-13,25H,1H3/b27-22-. The van der Waals surface area contributed by atoms with Crippen LogP contribution < -0.4 is 10.2 Å². The number of halogens is 1. The number of non-ortho nitro benzene ring substituents is 1. The molecule has 35 heavy (non-hydrogen) atoms. The maximum Gasteiger partial charge on any atom is 0.283 e. The van der Waals surface area contributed by atoms with Crippen LogP contribution in [0.5, 0.6) is 5.75 Å². The molecule has 1 aromatic heterocycles. The second-order valence-electron chi connectivity index (χ2n) is 6.87. The molecule has 0 atom stereocenters. The molecule has 0 bridgehead atoms. The van der Waals surface area contributed by atoms with E-state index in [2.05, 4.69) is 20.7 Å². The van der Waals surface area contributed by atoms with Crippen molar-refractivity contribution in [1.29, 1.82) is 0 Å². The van der Waals surface area contributed by atoms with E-state index in [1.54, 1.807) is 24.3 Å². The zero-order valence-corrected chi connectivity index (χ0v) is 18.9. The van der Waals surface area contributed by atoms with Gasteiger partial charge >= 0.3 is 0 Å². The number of carbonyl (C=O) groups is 1. The third kappa shape index (κ3) is 5.86. The average Bonchev–Trinajstić information content (AvgIpc) is 3.35. The van der Waals surface area contributed by atoms with Crippen LogP contribution in [0.15, 0.2) is 87.5 Å². The molecule has 4 aromatic rings. The van der Waals surface area contributed by atoms with Gasteiger partial charge in [0.15, 0.2) is 5.04 Å². The molecule has 0 saturated heterocycles. The third-order valence-electron chi connectivity index (χ3n) is 4.59. The van der Waals surface area contributed by atoms with Crippen molar-refractivity contribution in [1.82, 2.24) is 10.2 Å². The Balaban J connectivity index is 1.60. The zero-order valence-electron chi connectivity index (χ0n) is 18.0. The van der Waals surface area contributed by atoms with Crippen molar-refractivity contribution in [3.05, 3.63) is 94.3 Å². The summed E-state index contributed by atoms with van der Waals surface area (Å²) in [4.78, 5) is 23.5. The Morgan fingerprint density at radius 1 is 1.06 bits per heavy atom. The van der Waals surface area contributed by atoms with Crippen molar-refractivity contribution in [3.63, 3.8) is 0 Å². The van der Waals surface area contributed by atoms with E-state index in [1.165, 1.54) is 55.6 Å². The molecule has 0 aliphatic rings. The predicted octanol–water partition coefficient (Wildman–Crippen LogP) is 5.19. The van der Waals surface area contributed by atoms with Gasteiger partial charge in [-0.05, 0) is 72.4 Å². The third-order valence-corrected chi connectivity index (χ3v) is 5.40. The monoisotopic (exact) mass is 493 g/mol. The van der Waals surface area contributed by atoms with Crippen molar-refractivity contribution in [3.8, 4) is 17.2 Å². The first-order valence-corrected chi connectivity index (χ1v) is 10.8. The minimum absolute atomic E-state index is 0.0252. The number of thioether (sulfide) groups is 1. The molecule has 1 heterocycles. The van der Waals surface area contributed by atoms with E-state index in [1.807, 2.05) is 0 Å². The largest absolute Gasteiger partial charge is 0.497 e. The summed E-state index contributed by atoms with van der Waals surface area (Å²) in [5, 5.41) is 22.9. The smallest absolute Gasteiger partial charge is 0.283 e. The first-order chi connectivity index (χ1) is 16.9. The van der Waals surface area contributed by atoms with E-state index >= 15 is 0 Å². The summed E-state index contributed by atoms with van der Waals surface area (Å²) in [6, 6.07) is 17.5. The second-order valence-corrected chi connectivity index (χ2v) is 7.81. The molecule has 0 unspecified atom stereocenters. The SMILES string of the molecule is COc1ccc(C(=O)/C(=N/Nc2ccc([N+](=O)[O-])cc2)Sc2nnc(-c3ccc(F)cc3)o2)cc1. The molecule has 0 aliphatic heterocycles. The maximum absolute atomic E-state index is 13.2. The summed E-state index contributed by atoms with van der Waals surface area (Å²) in [5.41, 5.74) is 3.90. The highest BCUT2D eigenvalue weighted by Gasteiger charge is 2.20. The van der Waals surface area contributed by atoms with E-state index in [-0.39, 0.29) is 21.8 Å². The number of nitro benzene ring substituents is 1. The molecule has 0 amide bonds. The first kappa shape index (κ1) is 23.6. The lowest BCUT2D eigenvalue weighted by Crippen LogP contribution is -2.13. The van der Waals surface area contributed by atoms with E-state index in [0.717, 1.165) is 11.8 Å². The van der Waals surface area contributed by atoms with Gasteiger partial charge in [0, 0.05) is 23.3 Å². The van der Waals surface area contributed by atoms with Gasteiger partial charge in [-0.1, -0.05) is 0 Å². The van der Waals surface area contributed by atoms with Crippen molar-refractivity contribution >= 4 is 34.0 Å². The number of aromatic nitrogens is 2. The van der Waals surface area contributed by atoms with Crippen molar-refractivity contribution < 1.29 is 23.3 Å². The minimum atomic E-state index is -0.518. The lowest BCUT2D eigenvalue weighted by Gasteiger charge is -2.06. The van der Waals surface area contributed by atoms with E-state index in [9.17, 15) is 19.3 Å². The number of ketones is 1. The number of anilines is 1. The highest BCUT2D eigenvalue weighted by Crippen LogP contribution is 2.26. The number of ether oxygens (including phenoxy) is 1. The summed E-state index contributed by atoms with van der Waals surface area (Å²) >= 11 is 0.832. The highest BCUT2D eigenvalue weighted by atomic mass is 32.2. The number of nitrogens with one attached hydrogen (secondary N) is 1. The lowest BCUT2D eigenvalue weighted by molar-refractivity contribution is -0.384. The van der Waals surface area contributed by atoms with Gasteiger partial charge in [0.25, 0.3) is 10.9 Å². The molecular weight excluding hydrogens is 477 g/mol. The van der Waals surface area contributed by atoms with Gasteiger partial charge in [-0.2, -0.15) is 5.10 Å². The van der Waals surface area contributed by atoms with E-state index in [4.69, 9.17) is 9.15 Å². The Morgan fingerprint density at radius 3 is 2.37 bits per heavy atom. The number of hydrogen-bond donors (Lipinski definition) is 1. The second kappa shape index (κ2) is 10.6. The number of rotatable bonds is 8. The number of methoxy groups -OCH3 is 1. The van der Waals surface area contributed by atoms with Crippen molar-refractivity contribution in [2.75, 3.05) is 12.5 Å². The Kier molecular flexibility index (Phi) is 7.12. The van der Waals surface area contributed by atoms with Crippen LogP contribution in [0.25, 0.3) is 11.5 Å². The number of hydrazone groups is 1. The fourth-order valence-corrected chi connectivity index (χ4v) is 3.47. The van der Waals surface area contributed by atoms with Crippen LogP contribution in [-0.4, -0.2) is 33.1 Å². The Hall–Kier alpha value is -4.58. The summed E-state index contributed by atoms with van der Waals surface area (Å²) in [5.74, 6) is -0.113. The molecule has 3 aromatic carbocycles. The molecule has 0 saturated carbocycles. The molecule has 12 heteroatoms. The maximum atomic E-state index is 13.2. The van der Waals surface area contributed by atoms with Gasteiger partial charge in [-0.15, -0.1) is 10.2 Å². The quantitative estimate of drug-likeness (QED) is 0.0878. The summed E-state index contributed by atoms with van der Waals surface area (Å²) in [6.45, 7) is 0. The highest BCUT2D eigenvalue weighted by molar-refractivity contribution is 8.15. The van der Waals surface area contributed by atoms with Gasteiger partial charge < -0.3 is 9.15 Å². The number of carbonyl (C=O) groups excluding carboxylic acids is 1. The topological polar surface area (TPSA) is 133 Å². The normalized spacial score (nSPS) is 11.2. The van der Waals surface area contributed by atoms with Gasteiger partial charge in [-0.3, -0.25) is 20.3 Å². The van der Waals surface area contributed by atoms with Crippen LogP contribution in [0.1, 0.15) is 10.4 Å². The van der Waals surface area contributed by atoms with Crippen LogP contribution in [-0.2, 0) is 0 Å². The lowest BCUT2D eigenvalue weighted by atomic mass is 10.1. The number of nitrogens with zero attached hydrogens (tertiary/aromatic N) is 4. The number of Topliss-reactive ketones (excluding diaryl/α,β-unsaturated/α-hetero) is 1. The van der Waals surface area contributed by atoms with Gasteiger partial charge in [0.2, 0.25) is 11.7 Å². The Labute approximate surface area is 202 Å². The van der Waals surface area contributed by atoms with Crippen LogP contribution in [0.4, 0.5) is 15.8 Å². The average molecular weight is 493 g/mol. The summed E-state index contributed by atoms with van der Waals surface area (Å²) in [6.07, 6.45) is 0. The molecular formula is C23H16FN5O5S.